The van der Waals surface area contributed by atoms with E-state index in [0.717, 1.165) is 5.56 Å². The van der Waals surface area contributed by atoms with Crippen LogP contribution in [0.3, 0.4) is 0 Å². The summed E-state index contributed by atoms with van der Waals surface area (Å²) in [6.07, 6.45) is 0. The Hall–Kier alpha value is -2.52. The van der Waals surface area contributed by atoms with Gasteiger partial charge in [0.2, 0.25) is 5.13 Å². The van der Waals surface area contributed by atoms with Crippen molar-refractivity contribution >= 4 is 34.1 Å². The van der Waals surface area contributed by atoms with Gasteiger partial charge in [0.25, 0.3) is 5.91 Å². The Morgan fingerprint density at radius 3 is 2.38 bits per heavy atom. The molecule has 2 aromatic carbocycles. The van der Waals surface area contributed by atoms with Crippen LogP contribution in [0.2, 0.25) is 0 Å². The lowest BCUT2D eigenvalue weighted by Gasteiger charge is -2.05. The molecule has 0 saturated carbocycles. The Morgan fingerprint density at radius 2 is 1.69 bits per heavy atom. The van der Waals surface area contributed by atoms with E-state index in [0.29, 0.717) is 21.0 Å². The number of halogens is 2. The first-order valence-corrected chi connectivity index (χ1v) is 9.28. The fourth-order valence-electron chi connectivity index (χ4n) is 1.88. The Bertz CT molecular complexity index is 870. The number of ether oxygens (including phenoxy) is 1. The van der Waals surface area contributed by atoms with Crippen LogP contribution in [0.5, 0.6) is 5.75 Å². The molecule has 3 rings (SSSR count). The summed E-state index contributed by atoms with van der Waals surface area (Å²) in [5, 5.41) is 10.8. The standard InChI is InChI=1S/C17H13F2N3O2S2/c18-12-3-1-11(2-4-12)10-25-17-22-21-16(26-17)20-15(23)9-24-14-7-5-13(19)6-8-14/h1-8H,9-10H2,(H,20,21,23). The molecule has 1 N–H and O–H groups in total. The first kappa shape index (κ1) is 18.3. The molecule has 1 heterocycles. The van der Waals surface area contributed by atoms with Crippen molar-refractivity contribution in [2.75, 3.05) is 11.9 Å². The molecule has 0 bridgehead atoms. The Balaban J connectivity index is 1.45. The predicted molar refractivity (Wildman–Crippen MR) is 96.4 cm³/mol. The van der Waals surface area contributed by atoms with Crippen LogP contribution in [-0.4, -0.2) is 22.7 Å². The number of carbonyl (C=O) groups is 1. The summed E-state index contributed by atoms with van der Waals surface area (Å²) < 4.78 is 31.6. The van der Waals surface area contributed by atoms with Gasteiger partial charge in [-0.2, -0.15) is 0 Å². The number of aromatic nitrogens is 2. The molecule has 0 unspecified atom stereocenters. The normalized spacial score (nSPS) is 10.5. The lowest BCUT2D eigenvalue weighted by Crippen LogP contribution is -2.20. The van der Waals surface area contributed by atoms with Gasteiger partial charge in [-0.15, -0.1) is 10.2 Å². The molecule has 0 aliphatic rings. The average molecular weight is 393 g/mol. The van der Waals surface area contributed by atoms with E-state index in [1.54, 1.807) is 12.1 Å². The summed E-state index contributed by atoms with van der Waals surface area (Å²) in [7, 11) is 0. The van der Waals surface area contributed by atoms with Gasteiger partial charge in [-0.3, -0.25) is 10.1 Å². The zero-order valence-electron chi connectivity index (χ0n) is 13.3. The van der Waals surface area contributed by atoms with Crippen LogP contribution < -0.4 is 10.1 Å². The van der Waals surface area contributed by atoms with Crippen molar-refractivity contribution in [3.63, 3.8) is 0 Å². The van der Waals surface area contributed by atoms with Crippen molar-refractivity contribution in [1.82, 2.24) is 10.2 Å². The number of benzene rings is 2. The molecule has 5 nitrogen and oxygen atoms in total. The van der Waals surface area contributed by atoms with Gasteiger partial charge in [0, 0.05) is 5.75 Å². The highest BCUT2D eigenvalue weighted by molar-refractivity contribution is 8.00. The largest absolute Gasteiger partial charge is 0.484 e. The number of rotatable bonds is 7. The summed E-state index contributed by atoms with van der Waals surface area (Å²) in [4.78, 5) is 11.9. The highest BCUT2D eigenvalue weighted by atomic mass is 32.2. The second-order valence-corrected chi connectivity index (χ2v) is 7.28. The molecule has 9 heteroatoms. The Morgan fingerprint density at radius 1 is 1.04 bits per heavy atom. The SMILES string of the molecule is O=C(COc1ccc(F)cc1)Nc1nnc(SCc2ccc(F)cc2)s1. The summed E-state index contributed by atoms with van der Waals surface area (Å²) in [5.41, 5.74) is 0.963. The molecule has 0 fully saturated rings. The monoisotopic (exact) mass is 393 g/mol. The van der Waals surface area contributed by atoms with Crippen molar-refractivity contribution in [2.24, 2.45) is 0 Å². The molecule has 3 aromatic rings. The highest BCUT2D eigenvalue weighted by Gasteiger charge is 2.10. The summed E-state index contributed by atoms with van der Waals surface area (Å²) in [6, 6.07) is 11.6. The van der Waals surface area contributed by atoms with Gasteiger partial charge in [-0.25, -0.2) is 8.78 Å². The van der Waals surface area contributed by atoms with E-state index in [1.807, 2.05) is 0 Å². The van der Waals surface area contributed by atoms with Crippen LogP contribution in [0, 0.1) is 11.6 Å². The fraction of sp³-hybridized carbons (Fsp3) is 0.118. The molecule has 0 radical (unpaired) electrons. The summed E-state index contributed by atoms with van der Waals surface area (Å²) in [6.45, 7) is -0.219. The number of anilines is 1. The van der Waals surface area contributed by atoms with Gasteiger partial charge in [0.1, 0.15) is 17.4 Å². The molecule has 1 amide bonds. The average Bonchev–Trinajstić information content (AvgIpc) is 3.08. The van der Waals surface area contributed by atoms with Crippen molar-refractivity contribution in [1.29, 1.82) is 0 Å². The van der Waals surface area contributed by atoms with Crippen LogP contribution in [0.1, 0.15) is 5.56 Å². The van der Waals surface area contributed by atoms with Crippen LogP contribution in [-0.2, 0) is 10.5 Å². The molecule has 26 heavy (non-hydrogen) atoms. The Labute approximate surface area is 156 Å². The molecular weight excluding hydrogens is 380 g/mol. The quantitative estimate of drug-likeness (QED) is 0.483. The molecule has 0 aliphatic heterocycles. The zero-order chi connectivity index (χ0) is 18.4. The lowest BCUT2D eigenvalue weighted by atomic mass is 10.2. The third-order valence-electron chi connectivity index (χ3n) is 3.11. The molecule has 134 valence electrons. The van der Waals surface area contributed by atoms with Gasteiger partial charge in [-0.05, 0) is 42.0 Å². The fourth-order valence-corrected chi connectivity index (χ4v) is 3.60. The van der Waals surface area contributed by atoms with Crippen molar-refractivity contribution < 1.29 is 18.3 Å². The zero-order valence-corrected chi connectivity index (χ0v) is 14.9. The van der Waals surface area contributed by atoms with Gasteiger partial charge >= 0.3 is 0 Å². The number of hydrogen-bond donors (Lipinski definition) is 1. The van der Waals surface area contributed by atoms with Crippen LogP contribution >= 0.6 is 23.1 Å². The smallest absolute Gasteiger partial charge is 0.264 e. The third-order valence-corrected chi connectivity index (χ3v) is 5.16. The number of carbonyl (C=O) groups excluding carboxylic acids is 1. The highest BCUT2D eigenvalue weighted by Crippen LogP contribution is 2.28. The van der Waals surface area contributed by atoms with Gasteiger partial charge < -0.3 is 4.74 Å². The first-order valence-electron chi connectivity index (χ1n) is 7.47. The number of thioether (sulfide) groups is 1. The minimum Gasteiger partial charge on any atom is -0.484 e. The van der Waals surface area contributed by atoms with Crippen molar-refractivity contribution in [3.8, 4) is 5.75 Å². The molecule has 0 spiro atoms. The number of nitrogens with zero attached hydrogens (tertiary/aromatic N) is 2. The van der Waals surface area contributed by atoms with Crippen LogP contribution in [0.25, 0.3) is 0 Å². The van der Waals surface area contributed by atoms with E-state index in [-0.39, 0.29) is 24.1 Å². The number of hydrogen-bond acceptors (Lipinski definition) is 6. The lowest BCUT2D eigenvalue weighted by molar-refractivity contribution is -0.118. The Kier molecular flexibility index (Phi) is 6.13. The number of amides is 1. The molecule has 1 aromatic heterocycles. The van der Waals surface area contributed by atoms with E-state index in [4.69, 9.17) is 4.74 Å². The second-order valence-electron chi connectivity index (χ2n) is 5.08. The van der Waals surface area contributed by atoms with E-state index >= 15 is 0 Å². The van der Waals surface area contributed by atoms with Gasteiger partial charge in [0.15, 0.2) is 10.9 Å². The summed E-state index contributed by atoms with van der Waals surface area (Å²) >= 11 is 2.68. The maximum atomic E-state index is 12.9. The molecular formula is C17H13F2N3O2S2. The maximum absolute atomic E-state index is 12.9. The summed E-state index contributed by atoms with van der Waals surface area (Å²) in [5.74, 6) is -0.0185. The number of nitrogens with one attached hydrogen (secondary N) is 1. The van der Waals surface area contributed by atoms with Gasteiger partial charge in [0.05, 0.1) is 0 Å². The third kappa shape index (κ3) is 5.50. The minimum absolute atomic E-state index is 0.219. The van der Waals surface area contributed by atoms with Crippen molar-refractivity contribution in [3.05, 3.63) is 65.7 Å². The van der Waals surface area contributed by atoms with Crippen LogP contribution in [0.15, 0.2) is 52.9 Å². The maximum Gasteiger partial charge on any atom is 0.264 e. The van der Waals surface area contributed by atoms with E-state index in [1.165, 1.54) is 59.5 Å². The minimum atomic E-state index is -0.388. The van der Waals surface area contributed by atoms with E-state index in [2.05, 4.69) is 15.5 Å². The van der Waals surface area contributed by atoms with Crippen molar-refractivity contribution in [2.45, 2.75) is 10.1 Å². The molecule has 0 aliphatic carbocycles. The van der Waals surface area contributed by atoms with Gasteiger partial charge in [-0.1, -0.05) is 35.2 Å². The van der Waals surface area contributed by atoms with Crippen LogP contribution in [0.4, 0.5) is 13.9 Å². The van der Waals surface area contributed by atoms with E-state index in [9.17, 15) is 13.6 Å². The second kappa shape index (κ2) is 8.72. The molecule has 0 saturated heterocycles. The van der Waals surface area contributed by atoms with E-state index < -0.39 is 0 Å². The topological polar surface area (TPSA) is 64.1 Å². The molecule has 0 atom stereocenters. The predicted octanol–water partition coefficient (Wildman–Crippen LogP) is 4.13. The first-order chi connectivity index (χ1) is 12.6.